The lowest BCUT2D eigenvalue weighted by Crippen LogP contribution is -2.37. The second kappa shape index (κ2) is 14.7. The van der Waals surface area contributed by atoms with E-state index in [9.17, 15) is 4.79 Å². The number of amides is 1. The first-order valence-electron chi connectivity index (χ1n) is 12.4. The average Bonchev–Trinajstić information content (AvgIpc) is 2.95. The van der Waals surface area contributed by atoms with Crippen LogP contribution in [0.5, 0.6) is 0 Å². The molecule has 0 radical (unpaired) electrons. The first-order chi connectivity index (χ1) is 18.3. The first kappa shape index (κ1) is 26.3. The summed E-state index contributed by atoms with van der Waals surface area (Å²) in [5, 5.41) is 9.28. The summed E-state index contributed by atoms with van der Waals surface area (Å²) in [6, 6.07) is 18.9. The number of hydrogen-bond acceptors (Lipinski definition) is 10. The number of rotatable bonds is 14. The number of hydrogen-bond donors (Lipinski definition) is 3. The second-order valence-corrected chi connectivity index (χ2v) is 8.15. The maximum Gasteiger partial charge on any atom is 0.251 e. The van der Waals surface area contributed by atoms with E-state index in [0.29, 0.717) is 76.1 Å². The molecule has 0 spiro atoms. The van der Waals surface area contributed by atoms with Crippen LogP contribution in [0, 0.1) is 0 Å². The molecule has 2 aromatic carbocycles. The maximum atomic E-state index is 12.0. The standard InChI is InChI=1S/C26H33N7O4/c34-23(21-7-3-1-4-8-21)27-11-15-35-19-20-36-16-12-28-24-30-25(29-22-9-5-2-6-10-22)32-26(31-24)33-13-17-37-18-14-33/h1-10H,11-20H2,(H,27,34)(H2,28,29,30,31,32). The van der Waals surface area contributed by atoms with Crippen LogP contribution in [0.2, 0.25) is 0 Å². The lowest BCUT2D eigenvalue weighted by atomic mass is 10.2. The van der Waals surface area contributed by atoms with Crippen LogP contribution in [0.1, 0.15) is 10.4 Å². The highest BCUT2D eigenvalue weighted by Gasteiger charge is 2.16. The third kappa shape index (κ3) is 8.98. The Hall–Kier alpha value is -3.80. The van der Waals surface area contributed by atoms with Gasteiger partial charge in [-0.1, -0.05) is 36.4 Å². The van der Waals surface area contributed by atoms with Crippen molar-refractivity contribution in [3.8, 4) is 0 Å². The third-order valence-corrected chi connectivity index (χ3v) is 5.42. The molecule has 196 valence electrons. The fraction of sp³-hybridized carbons (Fsp3) is 0.385. The SMILES string of the molecule is O=C(NCCOCCOCCNc1nc(Nc2ccccc2)nc(N2CCOCC2)n1)c1ccccc1. The molecule has 1 amide bonds. The van der Waals surface area contributed by atoms with Crippen molar-refractivity contribution < 1.29 is 19.0 Å². The number of ether oxygens (including phenoxy) is 3. The predicted octanol–water partition coefficient (Wildman–Crippen LogP) is 2.33. The summed E-state index contributed by atoms with van der Waals surface area (Å²) < 4.78 is 16.6. The summed E-state index contributed by atoms with van der Waals surface area (Å²) in [4.78, 5) is 27.7. The Morgan fingerprint density at radius 3 is 2.19 bits per heavy atom. The third-order valence-electron chi connectivity index (χ3n) is 5.42. The van der Waals surface area contributed by atoms with Gasteiger partial charge in [-0.05, 0) is 24.3 Å². The molecule has 4 rings (SSSR count). The van der Waals surface area contributed by atoms with Crippen molar-refractivity contribution in [3.05, 3.63) is 66.2 Å². The number of nitrogens with one attached hydrogen (secondary N) is 3. The number of anilines is 4. The van der Waals surface area contributed by atoms with E-state index in [2.05, 4.69) is 35.8 Å². The minimum atomic E-state index is -0.108. The molecule has 3 aromatic rings. The molecule has 0 unspecified atom stereocenters. The smallest absolute Gasteiger partial charge is 0.251 e. The van der Waals surface area contributed by atoms with E-state index in [0.717, 1.165) is 18.8 Å². The number of para-hydroxylation sites is 1. The van der Waals surface area contributed by atoms with E-state index in [-0.39, 0.29) is 5.91 Å². The van der Waals surface area contributed by atoms with Crippen LogP contribution in [0.25, 0.3) is 0 Å². The summed E-state index contributed by atoms with van der Waals surface area (Å²) in [6.07, 6.45) is 0. The van der Waals surface area contributed by atoms with Crippen LogP contribution in [-0.4, -0.2) is 86.7 Å². The lowest BCUT2D eigenvalue weighted by Gasteiger charge is -2.27. The number of benzene rings is 2. The van der Waals surface area contributed by atoms with E-state index >= 15 is 0 Å². The van der Waals surface area contributed by atoms with Gasteiger partial charge in [0.15, 0.2) is 0 Å². The van der Waals surface area contributed by atoms with Gasteiger partial charge in [-0.2, -0.15) is 15.0 Å². The van der Waals surface area contributed by atoms with Gasteiger partial charge in [-0.25, -0.2) is 0 Å². The van der Waals surface area contributed by atoms with Crippen molar-refractivity contribution in [1.82, 2.24) is 20.3 Å². The fourth-order valence-electron chi connectivity index (χ4n) is 3.54. The molecule has 0 atom stereocenters. The van der Waals surface area contributed by atoms with Gasteiger partial charge in [-0.15, -0.1) is 0 Å². The van der Waals surface area contributed by atoms with Gasteiger partial charge in [0.25, 0.3) is 5.91 Å². The number of carbonyl (C=O) groups excluding carboxylic acids is 1. The molecule has 1 aromatic heterocycles. The van der Waals surface area contributed by atoms with Crippen LogP contribution >= 0.6 is 0 Å². The molecule has 1 fully saturated rings. The quantitative estimate of drug-likeness (QED) is 0.280. The highest BCUT2D eigenvalue weighted by Crippen LogP contribution is 2.18. The summed E-state index contributed by atoms with van der Waals surface area (Å²) in [7, 11) is 0. The number of nitrogens with zero attached hydrogens (tertiary/aromatic N) is 4. The van der Waals surface area contributed by atoms with Crippen LogP contribution in [0.15, 0.2) is 60.7 Å². The fourth-order valence-corrected chi connectivity index (χ4v) is 3.54. The van der Waals surface area contributed by atoms with Crippen molar-refractivity contribution in [2.75, 3.05) is 81.4 Å². The van der Waals surface area contributed by atoms with E-state index in [1.54, 1.807) is 12.1 Å². The zero-order valence-corrected chi connectivity index (χ0v) is 20.8. The predicted molar refractivity (Wildman–Crippen MR) is 141 cm³/mol. The number of aromatic nitrogens is 3. The molecule has 0 saturated carbocycles. The first-order valence-corrected chi connectivity index (χ1v) is 12.4. The normalized spacial score (nSPS) is 13.2. The Morgan fingerprint density at radius 2 is 1.46 bits per heavy atom. The molecule has 11 nitrogen and oxygen atoms in total. The monoisotopic (exact) mass is 507 g/mol. The zero-order valence-electron chi connectivity index (χ0n) is 20.8. The Morgan fingerprint density at radius 1 is 0.811 bits per heavy atom. The topological polar surface area (TPSA) is 123 Å². The Bertz CT molecular complexity index is 1080. The molecule has 1 saturated heterocycles. The highest BCUT2D eigenvalue weighted by atomic mass is 16.5. The average molecular weight is 508 g/mol. The molecule has 1 aliphatic rings. The van der Waals surface area contributed by atoms with Gasteiger partial charge in [0.2, 0.25) is 17.8 Å². The van der Waals surface area contributed by atoms with Crippen molar-refractivity contribution in [1.29, 1.82) is 0 Å². The van der Waals surface area contributed by atoms with E-state index in [1.807, 2.05) is 48.5 Å². The minimum absolute atomic E-state index is 0.108. The van der Waals surface area contributed by atoms with Crippen molar-refractivity contribution in [3.63, 3.8) is 0 Å². The number of carbonyl (C=O) groups is 1. The molecule has 37 heavy (non-hydrogen) atoms. The summed E-state index contributed by atoms with van der Waals surface area (Å²) in [6.45, 7) is 5.51. The van der Waals surface area contributed by atoms with Gasteiger partial charge in [0.05, 0.1) is 39.6 Å². The van der Waals surface area contributed by atoms with Crippen molar-refractivity contribution in [2.24, 2.45) is 0 Å². The summed E-state index contributed by atoms with van der Waals surface area (Å²) in [5.74, 6) is 1.44. The maximum absolute atomic E-state index is 12.0. The van der Waals surface area contributed by atoms with Gasteiger partial charge in [-0.3, -0.25) is 4.79 Å². The Kier molecular flexibility index (Phi) is 10.4. The summed E-state index contributed by atoms with van der Waals surface area (Å²) in [5.41, 5.74) is 1.53. The van der Waals surface area contributed by atoms with Crippen molar-refractivity contribution >= 4 is 29.4 Å². The zero-order chi connectivity index (χ0) is 25.5. The van der Waals surface area contributed by atoms with Gasteiger partial charge >= 0.3 is 0 Å². The molecule has 3 N–H and O–H groups in total. The van der Waals surface area contributed by atoms with Crippen LogP contribution in [0.4, 0.5) is 23.5 Å². The van der Waals surface area contributed by atoms with Crippen LogP contribution in [0.3, 0.4) is 0 Å². The Labute approximate surface area is 216 Å². The van der Waals surface area contributed by atoms with Gasteiger partial charge in [0.1, 0.15) is 0 Å². The minimum Gasteiger partial charge on any atom is -0.378 e. The molecule has 0 aliphatic carbocycles. The van der Waals surface area contributed by atoms with E-state index in [4.69, 9.17) is 14.2 Å². The number of morpholine rings is 1. The summed E-state index contributed by atoms with van der Waals surface area (Å²) >= 11 is 0. The van der Waals surface area contributed by atoms with Gasteiger partial charge < -0.3 is 35.1 Å². The molecule has 0 bridgehead atoms. The van der Waals surface area contributed by atoms with Crippen molar-refractivity contribution in [2.45, 2.75) is 0 Å². The largest absolute Gasteiger partial charge is 0.378 e. The van der Waals surface area contributed by atoms with E-state index < -0.39 is 0 Å². The molecular weight excluding hydrogens is 474 g/mol. The Balaban J connectivity index is 1.15. The van der Waals surface area contributed by atoms with Crippen LogP contribution in [-0.2, 0) is 14.2 Å². The molecule has 1 aliphatic heterocycles. The molecule has 11 heteroatoms. The van der Waals surface area contributed by atoms with Gasteiger partial charge in [0, 0.05) is 37.4 Å². The van der Waals surface area contributed by atoms with Crippen LogP contribution < -0.4 is 20.9 Å². The molecular formula is C26H33N7O4. The second-order valence-electron chi connectivity index (χ2n) is 8.15. The highest BCUT2D eigenvalue weighted by molar-refractivity contribution is 5.94. The lowest BCUT2D eigenvalue weighted by molar-refractivity contribution is 0.0519. The van der Waals surface area contributed by atoms with E-state index in [1.165, 1.54) is 0 Å². The molecule has 2 heterocycles.